The number of para-hydroxylation sites is 1. The third-order valence-electron chi connectivity index (χ3n) is 5.36. The van der Waals surface area contributed by atoms with Crippen LogP contribution >= 0.6 is 11.8 Å². The lowest BCUT2D eigenvalue weighted by Crippen LogP contribution is -2.34. The number of sulfonamides is 1. The maximum absolute atomic E-state index is 11.6. The minimum Gasteiger partial charge on any atom is -0.321 e. The van der Waals surface area contributed by atoms with E-state index >= 15 is 0 Å². The molecule has 0 saturated heterocycles. The van der Waals surface area contributed by atoms with Crippen molar-refractivity contribution in [2.75, 3.05) is 4.90 Å². The molecule has 0 aromatic heterocycles. The Morgan fingerprint density at radius 2 is 1.96 bits per heavy atom. The first-order chi connectivity index (χ1) is 12.8. The van der Waals surface area contributed by atoms with Crippen molar-refractivity contribution in [2.24, 2.45) is 16.8 Å². The maximum atomic E-state index is 11.6. The summed E-state index contributed by atoms with van der Waals surface area (Å²) in [6, 6.07) is 8.38. The summed E-state index contributed by atoms with van der Waals surface area (Å²) in [5.74, 6) is 0.833. The summed E-state index contributed by atoms with van der Waals surface area (Å²) in [7, 11) is -3.74. The van der Waals surface area contributed by atoms with Crippen molar-refractivity contribution in [3.05, 3.63) is 40.3 Å². The Hall–Kier alpha value is -1.06. The molecule has 3 rings (SSSR count). The van der Waals surface area contributed by atoms with Crippen LogP contribution in [0.4, 0.5) is 5.69 Å². The molecule has 1 aliphatic carbocycles. The second kappa shape index (κ2) is 8.96. The van der Waals surface area contributed by atoms with Gasteiger partial charge in [-0.25, -0.2) is 13.6 Å². The largest absolute Gasteiger partial charge is 0.321 e. The van der Waals surface area contributed by atoms with Gasteiger partial charge in [-0.2, -0.15) is 0 Å². The highest BCUT2D eigenvalue weighted by molar-refractivity contribution is 8.18. The van der Waals surface area contributed by atoms with Crippen LogP contribution in [0.15, 0.2) is 34.7 Å². The van der Waals surface area contributed by atoms with E-state index in [9.17, 15) is 8.42 Å². The number of anilines is 1. The molecule has 6 nitrogen and oxygen atoms in total. The summed E-state index contributed by atoms with van der Waals surface area (Å²) in [6.45, 7) is 2.96. The summed E-state index contributed by atoms with van der Waals surface area (Å²) in [5, 5.41) is 8.89. The van der Waals surface area contributed by atoms with Gasteiger partial charge in [0.1, 0.15) is 9.73 Å². The van der Waals surface area contributed by atoms with Gasteiger partial charge in [0.25, 0.3) is 0 Å². The second-order valence-corrected chi connectivity index (χ2v) is 10.5. The van der Waals surface area contributed by atoms with Gasteiger partial charge in [0.15, 0.2) is 0 Å². The molecule has 1 aromatic rings. The quantitative estimate of drug-likeness (QED) is 0.639. The second-order valence-electron chi connectivity index (χ2n) is 7.56. The smallest absolute Gasteiger partial charge is 0.245 e. The number of nitrogens with two attached hydrogens (primary N) is 2. The van der Waals surface area contributed by atoms with Crippen LogP contribution in [-0.2, 0) is 16.6 Å². The summed E-state index contributed by atoms with van der Waals surface area (Å²) in [6.07, 6.45) is 9.56. The van der Waals surface area contributed by atoms with Crippen molar-refractivity contribution in [3.63, 3.8) is 0 Å². The Balaban J connectivity index is 1.66. The Morgan fingerprint density at radius 1 is 1.26 bits per heavy atom. The minimum absolute atomic E-state index is 0.100. The molecule has 2 atom stereocenters. The lowest BCUT2D eigenvalue weighted by atomic mass is 9.85. The summed E-state index contributed by atoms with van der Waals surface area (Å²) in [5.41, 5.74) is 7.65. The van der Waals surface area contributed by atoms with Crippen molar-refractivity contribution in [3.8, 4) is 0 Å². The Kier molecular flexibility index (Phi) is 6.86. The highest BCUT2D eigenvalue weighted by Gasteiger charge is 2.30. The highest BCUT2D eigenvalue weighted by atomic mass is 32.3. The molecule has 2 aliphatic rings. The summed E-state index contributed by atoms with van der Waals surface area (Å²) < 4.78 is 23.4. The van der Waals surface area contributed by atoms with Crippen LogP contribution in [0.2, 0.25) is 0 Å². The molecule has 8 heteroatoms. The molecule has 0 spiro atoms. The zero-order valence-corrected chi connectivity index (χ0v) is 17.4. The first kappa shape index (κ1) is 20.7. The van der Waals surface area contributed by atoms with Gasteiger partial charge in [-0.1, -0.05) is 62.1 Å². The molecule has 1 unspecified atom stereocenters. The van der Waals surface area contributed by atoms with Crippen LogP contribution in [0.1, 0.15) is 51.0 Å². The molecule has 5 N–H and O–H groups in total. The first-order valence-electron chi connectivity index (χ1n) is 9.61. The Bertz CT molecular complexity index is 776. The standard InChI is InChI=1S/C19H30N4O2S2/c1-14(11-15-7-3-2-4-8-15)22-12-16-9-5-6-10-17(16)23-13-18(26-19(23)20)27(21,24)25/h5-6,9-10,13-15,19,22H,2-4,7-8,11-12,20H2,1H3,(H2,21,24,25)/t14-,19?/m0/s1. The van der Waals surface area contributed by atoms with Gasteiger partial charge in [0.05, 0.1) is 0 Å². The zero-order chi connectivity index (χ0) is 19.4. The molecule has 1 fully saturated rings. The highest BCUT2D eigenvalue weighted by Crippen LogP contribution is 2.37. The third-order valence-corrected chi connectivity index (χ3v) is 7.82. The number of rotatable bonds is 7. The Labute approximate surface area is 166 Å². The van der Waals surface area contributed by atoms with Gasteiger partial charge >= 0.3 is 0 Å². The van der Waals surface area contributed by atoms with E-state index in [0.717, 1.165) is 35.5 Å². The zero-order valence-electron chi connectivity index (χ0n) is 15.8. The number of hydrogen-bond donors (Lipinski definition) is 3. The summed E-state index contributed by atoms with van der Waals surface area (Å²) >= 11 is 1.06. The first-order valence-corrected chi connectivity index (χ1v) is 12.0. The number of thioether (sulfide) groups is 1. The molecule has 1 saturated carbocycles. The third kappa shape index (κ3) is 5.48. The van der Waals surface area contributed by atoms with E-state index in [-0.39, 0.29) is 4.24 Å². The maximum Gasteiger partial charge on any atom is 0.245 e. The SMILES string of the molecule is C[C@@H](CC1CCCCC1)NCc1ccccc1N1C=C(S(N)(=O)=O)SC1N. The van der Waals surface area contributed by atoms with Crippen molar-refractivity contribution < 1.29 is 8.42 Å². The van der Waals surface area contributed by atoms with Crippen LogP contribution in [0.25, 0.3) is 0 Å². The number of benzene rings is 1. The molecular formula is C19H30N4O2S2. The predicted octanol–water partition coefficient (Wildman–Crippen LogP) is 3.02. The van der Waals surface area contributed by atoms with Gasteiger partial charge in [0, 0.05) is 24.5 Å². The van der Waals surface area contributed by atoms with Gasteiger partial charge in [0.2, 0.25) is 10.0 Å². The van der Waals surface area contributed by atoms with Crippen LogP contribution < -0.4 is 21.1 Å². The van der Waals surface area contributed by atoms with Crippen LogP contribution in [0.5, 0.6) is 0 Å². The number of nitrogens with zero attached hydrogens (tertiary/aromatic N) is 1. The average molecular weight is 411 g/mol. The van der Waals surface area contributed by atoms with E-state index < -0.39 is 15.5 Å². The number of primary sulfonamides is 1. The lowest BCUT2D eigenvalue weighted by Gasteiger charge is -2.27. The van der Waals surface area contributed by atoms with Gasteiger partial charge in [-0.05, 0) is 30.9 Å². The molecule has 1 aromatic carbocycles. The molecule has 0 bridgehead atoms. The van der Waals surface area contributed by atoms with E-state index in [2.05, 4.69) is 18.3 Å². The topological polar surface area (TPSA) is 101 Å². The van der Waals surface area contributed by atoms with Gasteiger partial charge in [-0.3, -0.25) is 0 Å². The van der Waals surface area contributed by atoms with Crippen molar-refractivity contribution in [2.45, 2.75) is 63.5 Å². The van der Waals surface area contributed by atoms with Crippen molar-refractivity contribution in [1.82, 2.24) is 5.32 Å². The molecule has 150 valence electrons. The molecular weight excluding hydrogens is 380 g/mol. The van der Waals surface area contributed by atoms with Crippen molar-refractivity contribution in [1.29, 1.82) is 0 Å². The lowest BCUT2D eigenvalue weighted by molar-refractivity contribution is 0.304. The van der Waals surface area contributed by atoms with Crippen LogP contribution in [0, 0.1) is 5.92 Å². The van der Waals surface area contributed by atoms with Crippen molar-refractivity contribution >= 4 is 27.5 Å². The van der Waals surface area contributed by atoms with E-state index in [1.807, 2.05) is 18.2 Å². The average Bonchev–Trinajstić information content (AvgIpc) is 3.03. The Morgan fingerprint density at radius 3 is 2.63 bits per heavy atom. The van der Waals surface area contributed by atoms with E-state index in [1.54, 1.807) is 4.90 Å². The van der Waals surface area contributed by atoms with E-state index in [1.165, 1.54) is 44.7 Å². The number of nitrogens with one attached hydrogen (secondary N) is 1. The monoisotopic (exact) mass is 410 g/mol. The molecule has 0 amide bonds. The molecule has 27 heavy (non-hydrogen) atoms. The van der Waals surface area contributed by atoms with Crippen LogP contribution in [0.3, 0.4) is 0 Å². The molecule has 0 radical (unpaired) electrons. The normalized spacial score (nSPS) is 22.7. The minimum atomic E-state index is -3.74. The number of hydrogen-bond acceptors (Lipinski definition) is 6. The van der Waals surface area contributed by atoms with E-state index in [4.69, 9.17) is 10.9 Å². The molecule has 1 heterocycles. The van der Waals surface area contributed by atoms with Gasteiger partial charge < -0.3 is 16.0 Å². The summed E-state index contributed by atoms with van der Waals surface area (Å²) in [4.78, 5) is 1.78. The fraction of sp³-hybridized carbons (Fsp3) is 0.579. The fourth-order valence-corrected chi connectivity index (χ4v) is 5.74. The fourth-order valence-electron chi connectivity index (χ4n) is 3.94. The molecule has 1 aliphatic heterocycles. The van der Waals surface area contributed by atoms with Gasteiger partial charge in [-0.15, -0.1) is 0 Å². The predicted molar refractivity (Wildman–Crippen MR) is 113 cm³/mol. The van der Waals surface area contributed by atoms with Crippen LogP contribution in [-0.4, -0.2) is 20.0 Å². The van der Waals surface area contributed by atoms with E-state index in [0.29, 0.717) is 6.04 Å².